The Hall–Kier alpha value is -1.85. The molecule has 4 nitrogen and oxygen atoms in total. The molecule has 17 heavy (non-hydrogen) atoms. The summed E-state index contributed by atoms with van der Waals surface area (Å²) in [6.45, 7) is 0. The molecule has 88 valence electrons. The van der Waals surface area contributed by atoms with Crippen LogP contribution in [-0.4, -0.2) is 26.9 Å². The van der Waals surface area contributed by atoms with E-state index in [-0.39, 0.29) is 18.6 Å². The average Bonchev–Trinajstić information content (AvgIpc) is 2.71. The van der Waals surface area contributed by atoms with Crippen molar-refractivity contribution < 1.29 is 13.6 Å². The van der Waals surface area contributed by atoms with Gasteiger partial charge in [0.2, 0.25) is 5.92 Å². The van der Waals surface area contributed by atoms with Gasteiger partial charge in [0, 0.05) is 35.9 Å². The maximum absolute atomic E-state index is 12.7. The third kappa shape index (κ3) is 1.69. The smallest absolute Gasteiger partial charge is 0.249 e. The van der Waals surface area contributed by atoms with Crippen molar-refractivity contribution >= 4 is 16.8 Å². The van der Waals surface area contributed by atoms with E-state index in [1.165, 1.54) is 6.20 Å². The number of ketones is 1. The molecule has 1 saturated carbocycles. The van der Waals surface area contributed by atoms with E-state index in [1.54, 1.807) is 12.3 Å². The largest absolute Gasteiger partial charge is 0.294 e. The van der Waals surface area contributed by atoms with E-state index in [1.807, 2.05) is 0 Å². The third-order valence-corrected chi connectivity index (χ3v) is 3.04. The van der Waals surface area contributed by atoms with E-state index in [2.05, 4.69) is 15.2 Å². The van der Waals surface area contributed by atoms with Crippen LogP contribution in [0.25, 0.3) is 11.0 Å². The SMILES string of the molecule is O=C(c1cnc2[nH]ncc2c1)C1CC(F)(F)C1. The molecular weight excluding hydrogens is 228 g/mol. The van der Waals surface area contributed by atoms with E-state index >= 15 is 0 Å². The van der Waals surface area contributed by atoms with Crippen molar-refractivity contribution in [2.24, 2.45) is 5.92 Å². The minimum atomic E-state index is -2.67. The molecule has 6 heteroatoms. The number of nitrogens with one attached hydrogen (secondary N) is 1. The van der Waals surface area contributed by atoms with Gasteiger partial charge in [-0.05, 0) is 6.07 Å². The molecule has 2 heterocycles. The monoisotopic (exact) mass is 237 g/mol. The van der Waals surface area contributed by atoms with Crippen molar-refractivity contribution in [2.45, 2.75) is 18.8 Å². The number of hydrogen-bond donors (Lipinski definition) is 1. The first-order valence-corrected chi connectivity index (χ1v) is 5.26. The molecule has 3 rings (SSSR count). The number of Topliss-reactive ketones (excluding diaryl/α,β-unsaturated/α-hetero) is 1. The molecule has 1 aliphatic carbocycles. The molecule has 1 fully saturated rings. The summed E-state index contributed by atoms with van der Waals surface area (Å²) in [5.74, 6) is -3.50. The maximum Gasteiger partial charge on any atom is 0.249 e. The van der Waals surface area contributed by atoms with Crippen molar-refractivity contribution in [1.29, 1.82) is 0 Å². The Morgan fingerprint density at radius 3 is 2.88 bits per heavy atom. The van der Waals surface area contributed by atoms with Crippen LogP contribution in [0.1, 0.15) is 23.2 Å². The van der Waals surface area contributed by atoms with Gasteiger partial charge >= 0.3 is 0 Å². The summed E-state index contributed by atoms with van der Waals surface area (Å²) in [6, 6.07) is 1.63. The molecule has 0 spiro atoms. The number of carbonyl (C=O) groups excluding carboxylic acids is 1. The van der Waals surface area contributed by atoms with E-state index < -0.39 is 11.8 Å². The van der Waals surface area contributed by atoms with E-state index in [0.29, 0.717) is 16.6 Å². The number of hydrogen-bond acceptors (Lipinski definition) is 3. The summed E-state index contributed by atoms with van der Waals surface area (Å²) in [5.41, 5.74) is 0.958. The fourth-order valence-electron chi connectivity index (χ4n) is 2.05. The first-order valence-electron chi connectivity index (χ1n) is 5.26. The number of aromatic amines is 1. The summed E-state index contributed by atoms with van der Waals surface area (Å²) < 4.78 is 25.4. The van der Waals surface area contributed by atoms with Crippen molar-refractivity contribution in [3.8, 4) is 0 Å². The highest BCUT2D eigenvalue weighted by atomic mass is 19.3. The van der Waals surface area contributed by atoms with Gasteiger partial charge in [0.15, 0.2) is 11.4 Å². The van der Waals surface area contributed by atoms with Crippen molar-refractivity contribution in [3.63, 3.8) is 0 Å². The summed E-state index contributed by atoms with van der Waals surface area (Å²) in [5, 5.41) is 7.16. The maximum atomic E-state index is 12.7. The van der Waals surface area contributed by atoms with Gasteiger partial charge in [0.05, 0.1) is 6.20 Å². The molecule has 1 N–H and O–H groups in total. The second-order valence-corrected chi connectivity index (χ2v) is 4.36. The summed E-state index contributed by atoms with van der Waals surface area (Å²) in [6.07, 6.45) is 2.25. The molecule has 2 aromatic heterocycles. The molecule has 0 atom stereocenters. The highest BCUT2D eigenvalue weighted by molar-refractivity contribution is 6.00. The van der Waals surface area contributed by atoms with E-state index in [9.17, 15) is 13.6 Å². The summed E-state index contributed by atoms with van der Waals surface area (Å²) >= 11 is 0. The van der Waals surface area contributed by atoms with Crippen molar-refractivity contribution in [2.75, 3.05) is 0 Å². The predicted octanol–water partition coefficient (Wildman–Crippen LogP) is 2.19. The van der Waals surface area contributed by atoms with Crippen LogP contribution in [0.15, 0.2) is 18.5 Å². The lowest BCUT2D eigenvalue weighted by Crippen LogP contribution is -2.39. The Balaban J connectivity index is 1.86. The Labute approximate surface area is 95.0 Å². The molecule has 0 radical (unpaired) electrons. The number of H-pyrrole nitrogens is 1. The molecule has 0 unspecified atom stereocenters. The molecule has 1 aliphatic rings. The number of nitrogens with zero attached hydrogens (tertiary/aromatic N) is 2. The standard InChI is InChI=1S/C11H9F2N3O/c12-11(13)2-8(3-11)9(17)6-1-7-5-15-16-10(7)14-4-6/h1,4-5,8H,2-3H2,(H,14,15,16). The van der Waals surface area contributed by atoms with Gasteiger partial charge in [-0.3, -0.25) is 9.89 Å². The Bertz CT molecular complexity index is 585. The molecule has 0 bridgehead atoms. The van der Waals surface area contributed by atoms with Crippen LogP contribution in [0.5, 0.6) is 0 Å². The number of rotatable bonds is 2. The van der Waals surface area contributed by atoms with Crippen molar-refractivity contribution in [3.05, 3.63) is 24.0 Å². The first kappa shape index (κ1) is 10.3. The minimum Gasteiger partial charge on any atom is -0.294 e. The Morgan fingerprint density at radius 2 is 2.18 bits per heavy atom. The number of pyridine rings is 1. The van der Waals surface area contributed by atoms with Gasteiger partial charge in [0.1, 0.15) is 0 Å². The zero-order chi connectivity index (χ0) is 12.0. The number of aromatic nitrogens is 3. The lowest BCUT2D eigenvalue weighted by molar-refractivity contribution is -0.0982. The fourth-order valence-corrected chi connectivity index (χ4v) is 2.05. The van der Waals surface area contributed by atoms with Crippen LogP contribution in [-0.2, 0) is 0 Å². The predicted molar refractivity (Wildman–Crippen MR) is 55.9 cm³/mol. The molecule has 0 saturated heterocycles. The second-order valence-electron chi connectivity index (χ2n) is 4.36. The van der Waals surface area contributed by atoms with Gasteiger partial charge in [-0.25, -0.2) is 13.8 Å². The van der Waals surface area contributed by atoms with Crippen molar-refractivity contribution in [1.82, 2.24) is 15.2 Å². The third-order valence-electron chi connectivity index (χ3n) is 3.04. The summed E-state index contributed by atoms with van der Waals surface area (Å²) in [4.78, 5) is 15.9. The molecule has 0 aliphatic heterocycles. The van der Waals surface area contributed by atoms with Crippen LogP contribution < -0.4 is 0 Å². The van der Waals surface area contributed by atoms with Gasteiger partial charge in [-0.1, -0.05) is 0 Å². The number of halogens is 2. The molecule has 0 aromatic carbocycles. The quantitative estimate of drug-likeness (QED) is 0.814. The van der Waals surface area contributed by atoms with Gasteiger partial charge in [-0.2, -0.15) is 5.10 Å². The number of carbonyl (C=O) groups is 1. The van der Waals surface area contributed by atoms with Crippen LogP contribution in [0.3, 0.4) is 0 Å². The highest BCUT2D eigenvalue weighted by Gasteiger charge is 2.48. The van der Waals surface area contributed by atoms with E-state index in [0.717, 1.165) is 0 Å². The zero-order valence-corrected chi connectivity index (χ0v) is 8.78. The first-order chi connectivity index (χ1) is 8.05. The zero-order valence-electron chi connectivity index (χ0n) is 8.78. The second kappa shape index (κ2) is 3.32. The van der Waals surface area contributed by atoms with Crippen LogP contribution in [0.4, 0.5) is 8.78 Å². The fraction of sp³-hybridized carbons (Fsp3) is 0.364. The van der Waals surface area contributed by atoms with Gasteiger partial charge < -0.3 is 0 Å². The average molecular weight is 237 g/mol. The Morgan fingerprint density at radius 1 is 1.41 bits per heavy atom. The topological polar surface area (TPSA) is 58.6 Å². The van der Waals surface area contributed by atoms with Crippen LogP contribution in [0, 0.1) is 5.92 Å². The number of fused-ring (bicyclic) bond motifs is 1. The van der Waals surface area contributed by atoms with Gasteiger partial charge in [0.25, 0.3) is 0 Å². The van der Waals surface area contributed by atoms with Crippen LogP contribution >= 0.6 is 0 Å². The van der Waals surface area contributed by atoms with Gasteiger partial charge in [-0.15, -0.1) is 0 Å². The highest BCUT2D eigenvalue weighted by Crippen LogP contribution is 2.43. The molecule has 2 aromatic rings. The molecular formula is C11H9F2N3O. The van der Waals surface area contributed by atoms with Crippen LogP contribution in [0.2, 0.25) is 0 Å². The number of alkyl halides is 2. The lowest BCUT2D eigenvalue weighted by Gasteiger charge is -2.33. The Kier molecular flexibility index (Phi) is 2.01. The minimum absolute atomic E-state index is 0.258. The molecule has 0 amide bonds. The normalized spacial score (nSPS) is 19.2. The van der Waals surface area contributed by atoms with E-state index in [4.69, 9.17) is 0 Å². The summed E-state index contributed by atoms with van der Waals surface area (Å²) in [7, 11) is 0. The lowest BCUT2D eigenvalue weighted by atomic mass is 9.77.